The summed E-state index contributed by atoms with van der Waals surface area (Å²) < 4.78 is 0. The van der Waals surface area contributed by atoms with Crippen LogP contribution in [0.1, 0.15) is 0 Å². The van der Waals surface area contributed by atoms with E-state index in [2.05, 4.69) is 22.9 Å². The van der Waals surface area contributed by atoms with Crippen molar-refractivity contribution in [2.75, 3.05) is 23.3 Å². The van der Waals surface area contributed by atoms with Crippen molar-refractivity contribution in [3.63, 3.8) is 0 Å². The SMILES string of the molecule is Nc1ccc(NCCS)cn1. The van der Waals surface area contributed by atoms with E-state index < -0.39 is 0 Å². The van der Waals surface area contributed by atoms with Crippen molar-refractivity contribution >= 4 is 24.1 Å². The zero-order valence-corrected chi connectivity index (χ0v) is 7.01. The number of hydrogen-bond donors (Lipinski definition) is 3. The monoisotopic (exact) mass is 169 g/mol. The van der Waals surface area contributed by atoms with Crippen LogP contribution in [0.3, 0.4) is 0 Å². The minimum Gasteiger partial charge on any atom is -0.384 e. The van der Waals surface area contributed by atoms with Crippen LogP contribution in [0.2, 0.25) is 0 Å². The molecule has 0 aliphatic rings. The maximum Gasteiger partial charge on any atom is 0.123 e. The van der Waals surface area contributed by atoms with Crippen LogP contribution in [-0.2, 0) is 0 Å². The Labute approximate surface area is 71.4 Å². The average Bonchev–Trinajstić information content (AvgIpc) is 2.04. The van der Waals surface area contributed by atoms with Crippen molar-refractivity contribution in [2.45, 2.75) is 0 Å². The smallest absolute Gasteiger partial charge is 0.123 e. The molecule has 0 bridgehead atoms. The van der Waals surface area contributed by atoms with Crippen molar-refractivity contribution in [1.29, 1.82) is 0 Å². The van der Waals surface area contributed by atoms with Crippen molar-refractivity contribution in [3.05, 3.63) is 18.3 Å². The second-order valence-corrected chi connectivity index (χ2v) is 2.57. The van der Waals surface area contributed by atoms with E-state index in [9.17, 15) is 0 Å². The molecule has 0 unspecified atom stereocenters. The Morgan fingerprint density at radius 2 is 2.36 bits per heavy atom. The van der Waals surface area contributed by atoms with Crippen LogP contribution >= 0.6 is 12.6 Å². The highest BCUT2D eigenvalue weighted by molar-refractivity contribution is 7.80. The van der Waals surface area contributed by atoms with Crippen LogP contribution < -0.4 is 11.1 Å². The highest BCUT2D eigenvalue weighted by atomic mass is 32.1. The summed E-state index contributed by atoms with van der Waals surface area (Å²) in [5, 5.41) is 3.13. The van der Waals surface area contributed by atoms with Crippen molar-refractivity contribution in [1.82, 2.24) is 4.98 Å². The van der Waals surface area contributed by atoms with Gasteiger partial charge in [-0.15, -0.1) is 0 Å². The zero-order valence-electron chi connectivity index (χ0n) is 6.12. The number of anilines is 2. The summed E-state index contributed by atoms with van der Waals surface area (Å²) >= 11 is 4.06. The predicted molar refractivity (Wildman–Crippen MR) is 51.0 cm³/mol. The summed E-state index contributed by atoms with van der Waals surface area (Å²) in [5.41, 5.74) is 6.38. The molecule has 0 aliphatic heterocycles. The molecule has 1 heterocycles. The molecule has 4 heteroatoms. The summed E-state index contributed by atoms with van der Waals surface area (Å²) in [5.74, 6) is 1.35. The fourth-order valence-electron chi connectivity index (χ4n) is 0.710. The highest BCUT2D eigenvalue weighted by Gasteiger charge is 1.89. The average molecular weight is 169 g/mol. The number of pyridine rings is 1. The lowest BCUT2D eigenvalue weighted by Gasteiger charge is -2.02. The van der Waals surface area contributed by atoms with Crippen LogP contribution in [-0.4, -0.2) is 17.3 Å². The number of rotatable bonds is 3. The Morgan fingerprint density at radius 1 is 1.55 bits per heavy atom. The lowest BCUT2D eigenvalue weighted by atomic mass is 10.4. The Kier molecular flexibility index (Phi) is 3.04. The molecule has 0 radical (unpaired) electrons. The first kappa shape index (κ1) is 8.20. The molecule has 11 heavy (non-hydrogen) atoms. The van der Waals surface area contributed by atoms with Gasteiger partial charge in [-0.3, -0.25) is 0 Å². The molecular weight excluding hydrogens is 158 g/mol. The van der Waals surface area contributed by atoms with E-state index in [0.29, 0.717) is 5.82 Å². The normalized spacial score (nSPS) is 9.55. The number of nitrogens with two attached hydrogens (primary N) is 1. The number of hydrogen-bond acceptors (Lipinski definition) is 4. The van der Waals surface area contributed by atoms with Crippen LogP contribution in [0.25, 0.3) is 0 Å². The first-order chi connectivity index (χ1) is 5.33. The van der Waals surface area contributed by atoms with Crippen LogP contribution in [0, 0.1) is 0 Å². The van der Waals surface area contributed by atoms with Gasteiger partial charge < -0.3 is 11.1 Å². The molecule has 0 aliphatic carbocycles. The number of nitrogens with zero attached hydrogens (tertiary/aromatic N) is 1. The largest absolute Gasteiger partial charge is 0.384 e. The van der Waals surface area contributed by atoms with Gasteiger partial charge in [-0.05, 0) is 12.1 Å². The number of nitrogens with one attached hydrogen (secondary N) is 1. The van der Waals surface area contributed by atoms with Crippen LogP contribution in [0.15, 0.2) is 18.3 Å². The molecular formula is C7H11N3S. The fourth-order valence-corrected chi connectivity index (χ4v) is 0.822. The minimum absolute atomic E-state index is 0.543. The van der Waals surface area contributed by atoms with Crippen molar-refractivity contribution in [3.8, 4) is 0 Å². The van der Waals surface area contributed by atoms with Crippen LogP contribution in [0.4, 0.5) is 11.5 Å². The third-order valence-electron chi connectivity index (χ3n) is 1.23. The Hall–Kier alpha value is -0.900. The maximum absolute atomic E-state index is 5.40. The topological polar surface area (TPSA) is 50.9 Å². The van der Waals surface area contributed by atoms with Gasteiger partial charge in [-0.1, -0.05) is 0 Å². The van der Waals surface area contributed by atoms with Gasteiger partial charge in [0.05, 0.1) is 11.9 Å². The molecule has 0 atom stereocenters. The van der Waals surface area contributed by atoms with Gasteiger partial charge in [0.1, 0.15) is 5.82 Å². The molecule has 0 aromatic carbocycles. The van der Waals surface area contributed by atoms with E-state index in [-0.39, 0.29) is 0 Å². The number of aromatic nitrogens is 1. The number of nitrogen functional groups attached to an aromatic ring is 1. The number of thiol groups is 1. The van der Waals surface area contributed by atoms with Gasteiger partial charge in [0.15, 0.2) is 0 Å². The second-order valence-electron chi connectivity index (χ2n) is 2.12. The molecule has 1 aromatic heterocycles. The molecule has 1 rings (SSSR count). The third kappa shape index (κ3) is 2.67. The first-order valence-corrected chi connectivity index (χ1v) is 4.02. The molecule has 60 valence electrons. The first-order valence-electron chi connectivity index (χ1n) is 3.39. The Balaban J connectivity index is 2.52. The standard InChI is InChI=1S/C7H11N3S/c8-7-2-1-6(5-10-7)9-3-4-11/h1-2,5,9,11H,3-4H2,(H2,8,10). The minimum atomic E-state index is 0.543. The summed E-state index contributed by atoms with van der Waals surface area (Å²) in [4.78, 5) is 3.92. The maximum atomic E-state index is 5.40. The zero-order chi connectivity index (χ0) is 8.10. The van der Waals surface area contributed by atoms with Gasteiger partial charge in [-0.2, -0.15) is 12.6 Å². The predicted octanol–water partition coefficient (Wildman–Crippen LogP) is 1.01. The van der Waals surface area contributed by atoms with Gasteiger partial charge in [0.2, 0.25) is 0 Å². The van der Waals surface area contributed by atoms with Crippen molar-refractivity contribution in [2.24, 2.45) is 0 Å². The quantitative estimate of drug-likeness (QED) is 0.592. The van der Waals surface area contributed by atoms with Crippen molar-refractivity contribution < 1.29 is 0 Å². The fraction of sp³-hybridized carbons (Fsp3) is 0.286. The lowest BCUT2D eigenvalue weighted by Crippen LogP contribution is -2.02. The van der Waals surface area contributed by atoms with E-state index >= 15 is 0 Å². The van der Waals surface area contributed by atoms with Gasteiger partial charge in [-0.25, -0.2) is 4.98 Å². The van der Waals surface area contributed by atoms with Gasteiger partial charge >= 0.3 is 0 Å². The summed E-state index contributed by atoms with van der Waals surface area (Å²) in [6.45, 7) is 0.842. The molecule has 1 aromatic rings. The molecule has 3 N–H and O–H groups in total. The molecule has 0 fully saturated rings. The summed E-state index contributed by atoms with van der Waals surface area (Å²) in [7, 11) is 0. The van der Waals surface area contributed by atoms with E-state index in [0.717, 1.165) is 18.0 Å². The molecule has 0 amide bonds. The van der Waals surface area contributed by atoms with Crippen LogP contribution in [0.5, 0.6) is 0 Å². The molecule has 3 nitrogen and oxygen atoms in total. The Bertz CT molecular complexity index is 209. The third-order valence-corrected chi connectivity index (χ3v) is 1.45. The van der Waals surface area contributed by atoms with E-state index in [1.165, 1.54) is 0 Å². The van der Waals surface area contributed by atoms with E-state index in [4.69, 9.17) is 5.73 Å². The van der Waals surface area contributed by atoms with E-state index in [1.807, 2.05) is 6.07 Å². The highest BCUT2D eigenvalue weighted by Crippen LogP contribution is 2.05. The lowest BCUT2D eigenvalue weighted by molar-refractivity contribution is 1.21. The molecule has 0 spiro atoms. The molecule has 0 saturated heterocycles. The summed E-state index contributed by atoms with van der Waals surface area (Å²) in [6, 6.07) is 3.66. The Morgan fingerprint density at radius 3 is 2.91 bits per heavy atom. The van der Waals surface area contributed by atoms with E-state index in [1.54, 1.807) is 12.3 Å². The summed E-state index contributed by atoms with van der Waals surface area (Å²) in [6.07, 6.45) is 1.71. The van der Waals surface area contributed by atoms with Gasteiger partial charge in [0.25, 0.3) is 0 Å². The second kappa shape index (κ2) is 4.08. The van der Waals surface area contributed by atoms with Gasteiger partial charge in [0, 0.05) is 12.3 Å². The molecule has 0 saturated carbocycles.